The molecule has 0 fully saturated rings. The van der Waals surface area contributed by atoms with Crippen LogP contribution in [0.3, 0.4) is 0 Å². The lowest BCUT2D eigenvalue weighted by Gasteiger charge is -2.14. The average Bonchev–Trinajstić information content (AvgIpc) is 3.21. The van der Waals surface area contributed by atoms with E-state index in [0.717, 1.165) is 41.9 Å². The number of hydrogen-bond acceptors (Lipinski definition) is 5. The molecule has 0 aromatic carbocycles. The van der Waals surface area contributed by atoms with Crippen LogP contribution in [0.15, 0.2) is 21.0 Å². The van der Waals surface area contributed by atoms with Crippen LogP contribution in [0, 0.1) is 0 Å². The van der Waals surface area contributed by atoms with E-state index in [-0.39, 0.29) is 34.8 Å². The van der Waals surface area contributed by atoms with Crippen LogP contribution >= 0.6 is 35.3 Å². The largest absolute Gasteiger partial charge is 0.443 e. The van der Waals surface area contributed by atoms with Crippen LogP contribution in [-0.4, -0.2) is 29.0 Å². The summed E-state index contributed by atoms with van der Waals surface area (Å²) in [7, 11) is 0. The highest BCUT2D eigenvalue weighted by Crippen LogP contribution is 2.24. The Balaban J connectivity index is 0.00000392. The van der Waals surface area contributed by atoms with Crippen molar-refractivity contribution in [3.8, 4) is 0 Å². The maximum absolute atomic E-state index is 5.80. The number of thiazole rings is 1. The number of rotatable bonds is 6. The van der Waals surface area contributed by atoms with Gasteiger partial charge >= 0.3 is 0 Å². The smallest absolute Gasteiger partial charge is 0.216 e. The fraction of sp³-hybridized carbons (Fsp3) is 0.650. The molecule has 0 aliphatic carbocycles. The molecule has 2 aromatic heterocycles. The molecule has 158 valence electrons. The standard InChI is InChI=1S/C20H33N5OS.HI/c1-8-21-18(24-12-16-23-11-15(26-16)20(5,6)7)22-10-9-17-25-14(13-27-17)19(2,3)4;/h11,13H,8-10,12H2,1-7H3,(H2,21,22,24);1H. The molecule has 28 heavy (non-hydrogen) atoms. The zero-order valence-corrected chi connectivity index (χ0v) is 21.2. The summed E-state index contributed by atoms with van der Waals surface area (Å²) in [4.78, 5) is 13.6. The Kier molecular flexibility index (Phi) is 9.39. The fourth-order valence-corrected chi connectivity index (χ4v) is 3.30. The van der Waals surface area contributed by atoms with Crippen LogP contribution in [0.2, 0.25) is 0 Å². The third-order valence-corrected chi connectivity index (χ3v) is 4.87. The number of hydrogen-bond donors (Lipinski definition) is 2. The van der Waals surface area contributed by atoms with E-state index < -0.39 is 0 Å². The number of halogens is 1. The Bertz CT molecular complexity index is 755. The van der Waals surface area contributed by atoms with Crippen molar-refractivity contribution in [3.05, 3.63) is 33.9 Å². The summed E-state index contributed by atoms with van der Waals surface area (Å²) in [6.07, 6.45) is 2.67. The minimum atomic E-state index is -0.0443. The number of nitrogens with zero attached hydrogens (tertiary/aromatic N) is 3. The lowest BCUT2D eigenvalue weighted by Crippen LogP contribution is -2.38. The molecule has 0 radical (unpaired) electrons. The van der Waals surface area contributed by atoms with Gasteiger partial charge in [-0.15, -0.1) is 35.3 Å². The van der Waals surface area contributed by atoms with Crippen molar-refractivity contribution in [2.75, 3.05) is 13.1 Å². The maximum atomic E-state index is 5.80. The van der Waals surface area contributed by atoms with Gasteiger partial charge in [0.2, 0.25) is 5.89 Å². The van der Waals surface area contributed by atoms with Crippen LogP contribution in [0.25, 0.3) is 0 Å². The average molecular weight is 519 g/mol. The van der Waals surface area contributed by atoms with Crippen LogP contribution in [0.1, 0.15) is 70.8 Å². The molecular formula is C20H34IN5OS. The molecule has 0 spiro atoms. The van der Waals surface area contributed by atoms with E-state index in [1.807, 2.05) is 0 Å². The first kappa shape index (κ1) is 24.9. The van der Waals surface area contributed by atoms with Crippen molar-refractivity contribution in [2.24, 2.45) is 4.99 Å². The first-order chi connectivity index (χ1) is 12.6. The molecule has 8 heteroatoms. The minimum absolute atomic E-state index is 0. The van der Waals surface area contributed by atoms with E-state index in [2.05, 4.69) is 74.5 Å². The van der Waals surface area contributed by atoms with Gasteiger partial charge in [-0.25, -0.2) is 15.0 Å². The van der Waals surface area contributed by atoms with Gasteiger partial charge in [-0.3, -0.25) is 0 Å². The first-order valence-corrected chi connectivity index (χ1v) is 10.4. The number of aliphatic imine (C=N–C) groups is 1. The molecule has 0 aliphatic heterocycles. The second-order valence-corrected chi connectivity index (χ2v) is 9.56. The highest BCUT2D eigenvalue weighted by atomic mass is 127. The van der Waals surface area contributed by atoms with Gasteiger partial charge in [0.1, 0.15) is 12.3 Å². The second kappa shape index (κ2) is 10.6. The van der Waals surface area contributed by atoms with Gasteiger partial charge in [0, 0.05) is 35.7 Å². The molecule has 6 nitrogen and oxygen atoms in total. The maximum Gasteiger partial charge on any atom is 0.216 e. The lowest BCUT2D eigenvalue weighted by atomic mass is 9.93. The molecular weight excluding hydrogens is 485 g/mol. The molecule has 0 saturated carbocycles. The van der Waals surface area contributed by atoms with Crippen molar-refractivity contribution in [2.45, 2.75) is 72.3 Å². The highest BCUT2D eigenvalue weighted by molar-refractivity contribution is 14.0. The predicted octanol–water partition coefficient (Wildman–Crippen LogP) is 4.64. The van der Waals surface area contributed by atoms with E-state index in [9.17, 15) is 0 Å². The molecule has 0 aliphatic rings. The third-order valence-electron chi connectivity index (χ3n) is 3.96. The second-order valence-electron chi connectivity index (χ2n) is 8.62. The number of oxazole rings is 1. The molecule has 2 heterocycles. The van der Waals surface area contributed by atoms with Crippen molar-refractivity contribution >= 4 is 41.3 Å². The quantitative estimate of drug-likeness (QED) is 0.331. The SMILES string of the molecule is CCNC(=NCc1ncc(C(C)(C)C)o1)NCCc1nc(C(C)(C)C)cs1.I. The van der Waals surface area contributed by atoms with Crippen molar-refractivity contribution in [1.82, 2.24) is 20.6 Å². The van der Waals surface area contributed by atoms with Gasteiger partial charge in [-0.1, -0.05) is 41.5 Å². The summed E-state index contributed by atoms with van der Waals surface area (Å²) >= 11 is 1.72. The normalized spacial score (nSPS) is 12.6. The minimum Gasteiger partial charge on any atom is -0.443 e. The first-order valence-electron chi connectivity index (χ1n) is 9.52. The molecule has 0 atom stereocenters. The van der Waals surface area contributed by atoms with Crippen molar-refractivity contribution in [3.63, 3.8) is 0 Å². The van der Waals surface area contributed by atoms with Crippen LogP contribution in [-0.2, 0) is 23.8 Å². The van der Waals surface area contributed by atoms with E-state index >= 15 is 0 Å². The zero-order chi connectivity index (χ0) is 20.1. The molecule has 2 rings (SSSR count). The van der Waals surface area contributed by atoms with E-state index in [4.69, 9.17) is 9.40 Å². The Morgan fingerprint density at radius 1 is 1.14 bits per heavy atom. The topological polar surface area (TPSA) is 75.3 Å². The third kappa shape index (κ3) is 7.69. The molecule has 2 N–H and O–H groups in total. The number of aromatic nitrogens is 2. The summed E-state index contributed by atoms with van der Waals surface area (Å²) < 4.78 is 5.80. The Morgan fingerprint density at radius 3 is 2.39 bits per heavy atom. The number of guanidine groups is 1. The summed E-state index contributed by atoms with van der Waals surface area (Å²) in [6, 6.07) is 0. The van der Waals surface area contributed by atoms with E-state index in [0.29, 0.717) is 12.4 Å². The Labute approximate surface area is 190 Å². The van der Waals surface area contributed by atoms with Gasteiger partial charge in [0.15, 0.2) is 5.96 Å². The van der Waals surface area contributed by atoms with Gasteiger partial charge in [-0.2, -0.15) is 0 Å². The van der Waals surface area contributed by atoms with Crippen molar-refractivity contribution < 1.29 is 4.42 Å². The van der Waals surface area contributed by atoms with Crippen LogP contribution in [0.5, 0.6) is 0 Å². The molecule has 0 amide bonds. The molecule has 0 unspecified atom stereocenters. The lowest BCUT2D eigenvalue weighted by molar-refractivity contribution is 0.383. The van der Waals surface area contributed by atoms with E-state index in [1.165, 1.54) is 0 Å². The summed E-state index contributed by atoms with van der Waals surface area (Å²) in [6.45, 7) is 16.9. The van der Waals surface area contributed by atoms with Crippen molar-refractivity contribution in [1.29, 1.82) is 0 Å². The van der Waals surface area contributed by atoms with E-state index in [1.54, 1.807) is 17.5 Å². The monoisotopic (exact) mass is 519 g/mol. The summed E-state index contributed by atoms with van der Waals surface area (Å²) in [5.74, 6) is 2.27. The Morgan fingerprint density at radius 2 is 1.86 bits per heavy atom. The van der Waals surface area contributed by atoms with Gasteiger partial charge in [-0.05, 0) is 6.92 Å². The van der Waals surface area contributed by atoms with Gasteiger partial charge < -0.3 is 15.1 Å². The molecule has 0 bridgehead atoms. The zero-order valence-electron chi connectivity index (χ0n) is 18.0. The van der Waals surface area contributed by atoms with Crippen LogP contribution in [0.4, 0.5) is 0 Å². The molecule has 0 saturated heterocycles. The van der Waals surface area contributed by atoms with Gasteiger partial charge in [0.05, 0.1) is 16.9 Å². The molecule has 2 aromatic rings. The summed E-state index contributed by atoms with van der Waals surface area (Å²) in [5, 5.41) is 9.92. The highest BCUT2D eigenvalue weighted by Gasteiger charge is 2.19. The van der Waals surface area contributed by atoms with Crippen LogP contribution < -0.4 is 10.6 Å². The fourth-order valence-electron chi connectivity index (χ4n) is 2.28. The predicted molar refractivity (Wildman–Crippen MR) is 128 cm³/mol. The van der Waals surface area contributed by atoms with Gasteiger partial charge in [0.25, 0.3) is 0 Å². The number of nitrogens with one attached hydrogen (secondary N) is 2. The Hall–Kier alpha value is -1.16. The summed E-state index contributed by atoms with van der Waals surface area (Å²) in [5.41, 5.74) is 1.21.